The Morgan fingerprint density at radius 2 is 1.86 bits per heavy atom. The Balaban J connectivity index is 1.63. The van der Waals surface area contributed by atoms with Crippen molar-refractivity contribution < 1.29 is 26.4 Å². The minimum Gasteiger partial charge on any atom is -0.355 e. The third kappa shape index (κ3) is 6.10. The molecule has 0 saturated carbocycles. The normalized spacial score (nSPS) is 13.2. The van der Waals surface area contributed by atoms with Gasteiger partial charge < -0.3 is 15.5 Å². The molecule has 0 unspecified atom stereocenters. The van der Waals surface area contributed by atoms with Crippen molar-refractivity contribution in [2.24, 2.45) is 0 Å². The summed E-state index contributed by atoms with van der Waals surface area (Å²) in [5.74, 6) is -0.641. The molecule has 0 fully saturated rings. The molecule has 1 aromatic heterocycles. The molecule has 196 valence electrons. The summed E-state index contributed by atoms with van der Waals surface area (Å²) < 4.78 is 67.8. The first-order valence-electron chi connectivity index (χ1n) is 11.3. The Morgan fingerprint density at radius 3 is 2.57 bits per heavy atom. The molecule has 9 nitrogen and oxygen atoms in total. The number of benzene rings is 2. The SMILES string of the molecule is CCS(=O)(=O)Nc1ccc(C)c(CN(C)c2nc(Nc3ccc4c(c3)CC(=O)N4)ncc2C(F)(F)F)c1. The number of carbonyl (C=O) groups is 1. The van der Waals surface area contributed by atoms with Crippen molar-refractivity contribution >= 4 is 44.8 Å². The molecular weight excluding hydrogens is 509 g/mol. The highest BCUT2D eigenvalue weighted by atomic mass is 32.2. The fourth-order valence-corrected chi connectivity index (χ4v) is 4.48. The van der Waals surface area contributed by atoms with Crippen molar-refractivity contribution in [3.8, 4) is 0 Å². The van der Waals surface area contributed by atoms with E-state index >= 15 is 0 Å². The number of halogens is 3. The summed E-state index contributed by atoms with van der Waals surface area (Å²) >= 11 is 0. The lowest BCUT2D eigenvalue weighted by Gasteiger charge is -2.24. The maximum absolute atomic E-state index is 13.8. The number of anilines is 5. The maximum atomic E-state index is 13.8. The first kappa shape index (κ1) is 26.2. The fourth-order valence-electron chi connectivity index (χ4n) is 3.85. The molecule has 1 amide bonds. The average Bonchev–Trinajstić information content (AvgIpc) is 3.19. The second-order valence-electron chi connectivity index (χ2n) is 8.65. The van der Waals surface area contributed by atoms with E-state index in [0.717, 1.165) is 17.3 Å². The van der Waals surface area contributed by atoms with Crippen LogP contribution < -0.4 is 20.3 Å². The van der Waals surface area contributed by atoms with Gasteiger partial charge in [-0.15, -0.1) is 0 Å². The zero-order valence-electron chi connectivity index (χ0n) is 20.3. The molecule has 3 aromatic rings. The van der Waals surface area contributed by atoms with Crippen LogP contribution >= 0.6 is 0 Å². The fraction of sp³-hybridized carbons (Fsp3) is 0.292. The van der Waals surface area contributed by atoms with Crippen molar-refractivity contribution in [3.63, 3.8) is 0 Å². The number of nitrogens with zero attached hydrogens (tertiary/aromatic N) is 3. The van der Waals surface area contributed by atoms with E-state index in [2.05, 4.69) is 25.3 Å². The number of alkyl halides is 3. The predicted octanol–water partition coefficient (Wildman–Crippen LogP) is 4.44. The van der Waals surface area contributed by atoms with Crippen LogP contribution in [0.1, 0.15) is 29.2 Å². The van der Waals surface area contributed by atoms with Crippen molar-refractivity contribution in [2.75, 3.05) is 33.1 Å². The highest BCUT2D eigenvalue weighted by molar-refractivity contribution is 7.92. The highest BCUT2D eigenvalue weighted by Gasteiger charge is 2.36. The topological polar surface area (TPSA) is 116 Å². The summed E-state index contributed by atoms with van der Waals surface area (Å²) in [6, 6.07) is 9.96. The maximum Gasteiger partial charge on any atom is 0.421 e. The molecule has 1 aliphatic rings. The Kier molecular flexibility index (Phi) is 7.00. The molecule has 2 aromatic carbocycles. The number of nitrogens with one attached hydrogen (secondary N) is 3. The van der Waals surface area contributed by atoms with Crippen LogP contribution in [0, 0.1) is 6.92 Å². The highest BCUT2D eigenvalue weighted by Crippen LogP contribution is 2.36. The van der Waals surface area contributed by atoms with Crippen LogP contribution in [0.3, 0.4) is 0 Å². The van der Waals surface area contributed by atoms with E-state index < -0.39 is 21.8 Å². The van der Waals surface area contributed by atoms with Crippen LogP contribution in [0.4, 0.5) is 42.0 Å². The monoisotopic (exact) mass is 534 g/mol. The second kappa shape index (κ2) is 9.88. The molecule has 3 N–H and O–H groups in total. The molecule has 0 atom stereocenters. The first-order chi connectivity index (χ1) is 17.3. The molecule has 37 heavy (non-hydrogen) atoms. The number of amides is 1. The summed E-state index contributed by atoms with van der Waals surface area (Å²) in [6.45, 7) is 3.32. The van der Waals surface area contributed by atoms with E-state index in [1.807, 2.05) is 0 Å². The van der Waals surface area contributed by atoms with Gasteiger partial charge in [0, 0.05) is 36.9 Å². The van der Waals surface area contributed by atoms with Crippen LogP contribution in [0.2, 0.25) is 0 Å². The van der Waals surface area contributed by atoms with Gasteiger partial charge in [0.2, 0.25) is 21.9 Å². The standard InChI is InChI=1S/C24H25F3N6O3S/c1-4-37(35,36)32-18-6-5-14(2)16(10-18)13-33(3)22-19(24(25,26)27)12-28-23(31-22)29-17-7-8-20-15(9-17)11-21(34)30-20/h5-10,12,32H,4,11,13H2,1-3H3,(H,30,34)(H,28,29,31). The van der Waals surface area contributed by atoms with Crippen molar-refractivity contribution in [1.82, 2.24) is 9.97 Å². The van der Waals surface area contributed by atoms with Crippen LogP contribution in [0.5, 0.6) is 0 Å². The molecular formula is C24H25F3N6O3S. The van der Waals surface area contributed by atoms with Gasteiger partial charge >= 0.3 is 6.18 Å². The van der Waals surface area contributed by atoms with Gasteiger partial charge in [-0.25, -0.2) is 13.4 Å². The van der Waals surface area contributed by atoms with Gasteiger partial charge in [0.1, 0.15) is 11.4 Å². The number of fused-ring (bicyclic) bond motifs is 1. The summed E-state index contributed by atoms with van der Waals surface area (Å²) in [5.41, 5.74) is 2.67. The van der Waals surface area contributed by atoms with Gasteiger partial charge in [-0.05, 0) is 60.9 Å². The number of carbonyl (C=O) groups excluding carboxylic acids is 1. The lowest BCUT2D eigenvalue weighted by Crippen LogP contribution is -2.24. The number of aromatic nitrogens is 2. The smallest absolute Gasteiger partial charge is 0.355 e. The number of hydrogen-bond acceptors (Lipinski definition) is 7. The Hall–Kier alpha value is -3.87. The quantitative estimate of drug-likeness (QED) is 0.391. The lowest BCUT2D eigenvalue weighted by molar-refractivity contribution is -0.137. The molecule has 0 radical (unpaired) electrons. The first-order valence-corrected chi connectivity index (χ1v) is 12.9. The second-order valence-corrected chi connectivity index (χ2v) is 10.7. The summed E-state index contributed by atoms with van der Waals surface area (Å²) in [5, 5.41) is 5.62. The van der Waals surface area contributed by atoms with Gasteiger partial charge in [-0.3, -0.25) is 9.52 Å². The summed E-state index contributed by atoms with van der Waals surface area (Å²) in [6.07, 6.45) is -3.77. The Labute approximate surface area is 212 Å². The number of sulfonamides is 1. The number of rotatable bonds is 8. The van der Waals surface area contributed by atoms with Gasteiger partial charge in [0.15, 0.2) is 0 Å². The predicted molar refractivity (Wildman–Crippen MR) is 135 cm³/mol. The van der Waals surface area contributed by atoms with E-state index in [1.165, 1.54) is 18.9 Å². The van der Waals surface area contributed by atoms with Gasteiger partial charge in [0.25, 0.3) is 0 Å². The van der Waals surface area contributed by atoms with Gasteiger partial charge in [0.05, 0.1) is 12.2 Å². The molecule has 0 aliphatic carbocycles. The third-order valence-corrected chi connectivity index (χ3v) is 7.14. The Bertz CT molecular complexity index is 1460. The minimum atomic E-state index is -4.70. The molecule has 2 heterocycles. The molecule has 1 aliphatic heterocycles. The molecule has 4 rings (SSSR count). The zero-order valence-corrected chi connectivity index (χ0v) is 21.1. The van der Waals surface area contributed by atoms with Crippen LogP contribution in [0.15, 0.2) is 42.6 Å². The van der Waals surface area contributed by atoms with Crippen LogP contribution in [0.25, 0.3) is 0 Å². The van der Waals surface area contributed by atoms with E-state index in [9.17, 15) is 26.4 Å². The van der Waals surface area contributed by atoms with Crippen LogP contribution in [-0.4, -0.2) is 37.1 Å². The summed E-state index contributed by atoms with van der Waals surface area (Å²) in [7, 11) is -2.05. The van der Waals surface area contributed by atoms with Crippen molar-refractivity contribution in [2.45, 2.75) is 33.0 Å². The van der Waals surface area contributed by atoms with E-state index in [-0.39, 0.29) is 36.4 Å². The summed E-state index contributed by atoms with van der Waals surface area (Å²) in [4.78, 5) is 20.9. The van der Waals surface area contributed by atoms with E-state index in [0.29, 0.717) is 22.6 Å². The van der Waals surface area contributed by atoms with Gasteiger partial charge in [-0.1, -0.05) is 6.07 Å². The third-order valence-electron chi connectivity index (χ3n) is 5.83. The van der Waals surface area contributed by atoms with Crippen molar-refractivity contribution in [3.05, 3.63) is 64.8 Å². The van der Waals surface area contributed by atoms with E-state index in [4.69, 9.17) is 0 Å². The van der Waals surface area contributed by atoms with Crippen LogP contribution in [-0.2, 0) is 34.0 Å². The van der Waals surface area contributed by atoms with Gasteiger partial charge in [-0.2, -0.15) is 18.2 Å². The number of hydrogen-bond donors (Lipinski definition) is 3. The number of aryl methyl sites for hydroxylation is 1. The zero-order chi connectivity index (χ0) is 27.0. The molecule has 0 saturated heterocycles. The molecule has 0 bridgehead atoms. The molecule has 13 heteroatoms. The lowest BCUT2D eigenvalue weighted by atomic mass is 10.1. The minimum absolute atomic E-state index is 0.0275. The largest absolute Gasteiger partial charge is 0.421 e. The average molecular weight is 535 g/mol. The van der Waals surface area contributed by atoms with Crippen molar-refractivity contribution in [1.29, 1.82) is 0 Å². The molecule has 0 spiro atoms. The Morgan fingerprint density at radius 1 is 1.14 bits per heavy atom. The van der Waals surface area contributed by atoms with E-state index in [1.54, 1.807) is 43.3 Å².